The summed E-state index contributed by atoms with van der Waals surface area (Å²) in [5.74, 6) is 1.77. The first-order valence-electron chi connectivity index (χ1n) is 9.03. The Labute approximate surface area is 164 Å². The minimum Gasteiger partial charge on any atom is -0.492 e. The molecule has 136 valence electrons. The number of hydrogen-bond donors (Lipinski definition) is 0. The lowest BCUT2D eigenvalue weighted by atomic mass is 10.1. The molecule has 3 aromatic carbocycles. The van der Waals surface area contributed by atoms with Gasteiger partial charge in [0.25, 0.3) is 0 Å². The fraction of sp³-hybridized carbons (Fsp3) is 0.174. The van der Waals surface area contributed by atoms with Crippen LogP contribution in [0.3, 0.4) is 0 Å². The van der Waals surface area contributed by atoms with Crippen molar-refractivity contribution in [2.75, 3.05) is 6.61 Å². The molecule has 0 bridgehead atoms. The Morgan fingerprint density at radius 1 is 0.926 bits per heavy atom. The highest BCUT2D eigenvalue weighted by molar-refractivity contribution is 6.33. The highest BCUT2D eigenvalue weighted by Crippen LogP contribution is 2.30. The minimum absolute atomic E-state index is 0.556. The molecule has 0 aliphatic carbocycles. The number of nitrogens with zero attached hydrogens (tertiary/aromatic N) is 2. The van der Waals surface area contributed by atoms with Crippen LogP contribution in [0.25, 0.3) is 22.4 Å². The Bertz CT molecular complexity index is 1080. The minimum atomic E-state index is 0.556. The zero-order valence-corrected chi connectivity index (χ0v) is 16.2. The molecule has 3 nitrogen and oxygen atoms in total. The summed E-state index contributed by atoms with van der Waals surface area (Å²) >= 11 is 6.44. The van der Waals surface area contributed by atoms with Gasteiger partial charge in [0.15, 0.2) is 0 Å². The van der Waals surface area contributed by atoms with Crippen LogP contribution >= 0.6 is 11.6 Å². The maximum absolute atomic E-state index is 6.44. The van der Waals surface area contributed by atoms with Crippen molar-refractivity contribution in [2.24, 2.45) is 0 Å². The monoisotopic (exact) mass is 376 g/mol. The van der Waals surface area contributed by atoms with E-state index >= 15 is 0 Å². The van der Waals surface area contributed by atoms with E-state index in [1.807, 2.05) is 42.5 Å². The number of ether oxygens (including phenoxy) is 1. The van der Waals surface area contributed by atoms with Crippen LogP contribution in [0.2, 0.25) is 5.02 Å². The lowest BCUT2D eigenvalue weighted by Crippen LogP contribution is -2.10. The van der Waals surface area contributed by atoms with E-state index in [-0.39, 0.29) is 0 Å². The van der Waals surface area contributed by atoms with Gasteiger partial charge in [0, 0.05) is 5.56 Å². The molecule has 1 heterocycles. The SMILES string of the molecule is Cc1cc(C)cc(OCCn2c(-c3ccccc3Cl)nc3ccccc32)c1. The average Bonchev–Trinajstić information content (AvgIpc) is 3.00. The van der Waals surface area contributed by atoms with Crippen molar-refractivity contribution >= 4 is 22.6 Å². The molecule has 0 amide bonds. The highest BCUT2D eigenvalue weighted by atomic mass is 35.5. The van der Waals surface area contributed by atoms with Gasteiger partial charge in [-0.05, 0) is 61.4 Å². The molecule has 0 saturated heterocycles. The Morgan fingerprint density at radius 3 is 2.41 bits per heavy atom. The second-order valence-corrected chi connectivity index (χ2v) is 7.13. The van der Waals surface area contributed by atoms with Crippen molar-refractivity contribution in [3.05, 3.63) is 82.9 Å². The molecule has 4 heteroatoms. The van der Waals surface area contributed by atoms with Gasteiger partial charge in [-0.15, -0.1) is 0 Å². The summed E-state index contributed by atoms with van der Waals surface area (Å²) in [5.41, 5.74) is 5.38. The fourth-order valence-corrected chi connectivity index (χ4v) is 3.64. The molecule has 1 aromatic heterocycles. The number of halogens is 1. The molecule has 0 atom stereocenters. The zero-order chi connectivity index (χ0) is 18.8. The number of para-hydroxylation sites is 2. The third-order valence-electron chi connectivity index (χ3n) is 4.55. The van der Waals surface area contributed by atoms with Crippen LogP contribution in [0.1, 0.15) is 11.1 Å². The van der Waals surface area contributed by atoms with Gasteiger partial charge in [-0.3, -0.25) is 0 Å². The van der Waals surface area contributed by atoms with Crippen molar-refractivity contribution < 1.29 is 4.74 Å². The largest absolute Gasteiger partial charge is 0.492 e. The summed E-state index contributed by atoms with van der Waals surface area (Å²) in [4.78, 5) is 4.82. The molecule has 0 N–H and O–H groups in total. The molecular formula is C23H21ClN2O. The van der Waals surface area contributed by atoms with Crippen molar-refractivity contribution in [1.82, 2.24) is 9.55 Å². The summed E-state index contributed by atoms with van der Waals surface area (Å²) in [6.45, 7) is 5.41. The number of imidazole rings is 1. The smallest absolute Gasteiger partial charge is 0.142 e. The molecule has 4 rings (SSSR count). The average molecular weight is 377 g/mol. The number of fused-ring (bicyclic) bond motifs is 1. The molecule has 0 fully saturated rings. The van der Waals surface area contributed by atoms with Gasteiger partial charge in [0.1, 0.15) is 18.2 Å². The van der Waals surface area contributed by atoms with E-state index in [0.29, 0.717) is 18.2 Å². The van der Waals surface area contributed by atoms with Crippen molar-refractivity contribution in [2.45, 2.75) is 20.4 Å². The molecule has 27 heavy (non-hydrogen) atoms. The van der Waals surface area contributed by atoms with Gasteiger partial charge in [-0.1, -0.05) is 41.9 Å². The molecule has 0 radical (unpaired) electrons. The van der Waals surface area contributed by atoms with E-state index in [2.05, 4.69) is 42.7 Å². The molecule has 0 saturated carbocycles. The van der Waals surface area contributed by atoms with Gasteiger partial charge in [-0.2, -0.15) is 0 Å². The van der Waals surface area contributed by atoms with Crippen LogP contribution in [0.4, 0.5) is 0 Å². The molecule has 0 unspecified atom stereocenters. The number of aryl methyl sites for hydroxylation is 2. The first-order valence-corrected chi connectivity index (χ1v) is 9.41. The van der Waals surface area contributed by atoms with E-state index < -0.39 is 0 Å². The number of aromatic nitrogens is 2. The predicted molar refractivity (Wildman–Crippen MR) is 112 cm³/mol. The maximum atomic E-state index is 6.44. The summed E-state index contributed by atoms with van der Waals surface area (Å²) in [6.07, 6.45) is 0. The van der Waals surface area contributed by atoms with Crippen molar-refractivity contribution in [1.29, 1.82) is 0 Å². The molecule has 4 aromatic rings. The van der Waals surface area contributed by atoms with Crippen LogP contribution in [0, 0.1) is 13.8 Å². The standard InChI is InChI=1S/C23H21ClN2O/c1-16-13-17(2)15-18(14-16)27-12-11-26-22-10-6-5-9-21(22)25-23(26)19-7-3-4-8-20(19)24/h3-10,13-15H,11-12H2,1-2H3. The summed E-state index contributed by atoms with van der Waals surface area (Å²) < 4.78 is 8.21. The molecule has 0 spiro atoms. The van der Waals surface area contributed by atoms with Crippen LogP contribution in [0.15, 0.2) is 66.7 Å². The number of hydrogen-bond acceptors (Lipinski definition) is 2. The summed E-state index contributed by atoms with van der Waals surface area (Å²) in [7, 11) is 0. The third kappa shape index (κ3) is 3.69. The summed E-state index contributed by atoms with van der Waals surface area (Å²) in [6, 6.07) is 22.2. The topological polar surface area (TPSA) is 27.1 Å². The normalized spacial score (nSPS) is 11.1. The molecular weight excluding hydrogens is 356 g/mol. The van der Waals surface area contributed by atoms with Crippen LogP contribution in [-0.2, 0) is 6.54 Å². The molecule has 0 aliphatic rings. The lowest BCUT2D eigenvalue weighted by Gasteiger charge is -2.12. The van der Waals surface area contributed by atoms with Gasteiger partial charge < -0.3 is 9.30 Å². The quantitative estimate of drug-likeness (QED) is 0.423. The third-order valence-corrected chi connectivity index (χ3v) is 4.88. The molecule has 0 aliphatic heterocycles. The van der Waals surface area contributed by atoms with E-state index in [0.717, 1.165) is 28.2 Å². The number of rotatable bonds is 5. The van der Waals surface area contributed by atoms with E-state index in [1.165, 1.54) is 11.1 Å². The Hall–Kier alpha value is -2.78. The second kappa shape index (κ2) is 7.45. The van der Waals surface area contributed by atoms with E-state index in [1.54, 1.807) is 0 Å². The second-order valence-electron chi connectivity index (χ2n) is 6.73. The van der Waals surface area contributed by atoms with Gasteiger partial charge in [0.2, 0.25) is 0 Å². The Balaban J connectivity index is 1.66. The van der Waals surface area contributed by atoms with Gasteiger partial charge in [0.05, 0.1) is 22.6 Å². The van der Waals surface area contributed by atoms with Gasteiger partial charge in [-0.25, -0.2) is 4.98 Å². The van der Waals surface area contributed by atoms with Gasteiger partial charge >= 0.3 is 0 Å². The van der Waals surface area contributed by atoms with E-state index in [9.17, 15) is 0 Å². The number of benzene rings is 3. The van der Waals surface area contributed by atoms with Crippen LogP contribution in [-0.4, -0.2) is 16.2 Å². The maximum Gasteiger partial charge on any atom is 0.142 e. The van der Waals surface area contributed by atoms with Crippen molar-refractivity contribution in [3.8, 4) is 17.1 Å². The highest BCUT2D eigenvalue weighted by Gasteiger charge is 2.14. The Kier molecular flexibility index (Phi) is 4.87. The first kappa shape index (κ1) is 17.6. The van der Waals surface area contributed by atoms with Crippen molar-refractivity contribution in [3.63, 3.8) is 0 Å². The fourth-order valence-electron chi connectivity index (χ4n) is 3.42. The van der Waals surface area contributed by atoms with E-state index in [4.69, 9.17) is 21.3 Å². The lowest BCUT2D eigenvalue weighted by molar-refractivity contribution is 0.300. The summed E-state index contributed by atoms with van der Waals surface area (Å²) in [5, 5.41) is 0.698. The first-order chi connectivity index (χ1) is 13.1. The van der Waals surface area contributed by atoms with Crippen LogP contribution in [0.5, 0.6) is 5.75 Å². The van der Waals surface area contributed by atoms with Crippen LogP contribution < -0.4 is 4.74 Å². The zero-order valence-electron chi connectivity index (χ0n) is 15.4. The predicted octanol–water partition coefficient (Wildman–Crippen LogP) is 6.05. The Morgan fingerprint density at radius 2 is 1.63 bits per heavy atom.